The van der Waals surface area contributed by atoms with E-state index in [9.17, 15) is 18.0 Å². The fourth-order valence-corrected chi connectivity index (χ4v) is 2.97. The Bertz CT molecular complexity index is 365. The standard InChI is InChI=1S/C13H19F3O3/c1-4-18-11(17)10-9(8-5-6-8)7(2)12(3,19-10)13(14,15)16/h7-10H,4-6H2,1-3H3. The molecule has 0 spiro atoms. The minimum absolute atomic E-state index is 0.146. The van der Waals surface area contributed by atoms with E-state index >= 15 is 0 Å². The van der Waals surface area contributed by atoms with Crippen LogP contribution in [0.5, 0.6) is 0 Å². The van der Waals surface area contributed by atoms with Crippen molar-refractivity contribution in [2.75, 3.05) is 6.61 Å². The number of hydrogen-bond acceptors (Lipinski definition) is 3. The lowest BCUT2D eigenvalue weighted by molar-refractivity contribution is -0.274. The predicted molar refractivity (Wildman–Crippen MR) is 61.3 cm³/mol. The first kappa shape index (κ1) is 14.6. The van der Waals surface area contributed by atoms with E-state index in [1.807, 2.05) is 0 Å². The molecule has 4 unspecified atom stereocenters. The molecule has 6 heteroatoms. The summed E-state index contributed by atoms with van der Waals surface area (Å²) in [5.41, 5.74) is -2.27. The monoisotopic (exact) mass is 280 g/mol. The largest absolute Gasteiger partial charge is 0.464 e. The van der Waals surface area contributed by atoms with Crippen molar-refractivity contribution in [2.24, 2.45) is 17.8 Å². The lowest BCUT2D eigenvalue weighted by atomic mass is 9.78. The maximum Gasteiger partial charge on any atom is 0.417 e. The lowest BCUT2D eigenvalue weighted by Crippen LogP contribution is -2.47. The van der Waals surface area contributed by atoms with Gasteiger partial charge in [-0.25, -0.2) is 4.79 Å². The molecule has 0 aromatic heterocycles. The predicted octanol–water partition coefficient (Wildman–Crippen LogP) is 2.93. The van der Waals surface area contributed by atoms with Crippen molar-refractivity contribution in [2.45, 2.75) is 51.5 Å². The highest BCUT2D eigenvalue weighted by Gasteiger charge is 2.67. The van der Waals surface area contributed by atoms with E-state index in [1.54, 1.807) is 6.92 Å². The first-order chi connectivity index (χ1) is 8.72. The molecule has 1 aliphatic heterocycles. The van der Waals surface area contributed by atoms with Gasteiger partial charge in [0.25, 0.3) is 0 Å². The molecule has 1 saturated carbocycles. The zero-order chi connectivity index (χ0) is 14.4. The average Bonchev–Trinajstić information content (AvgIpc) is 3.07. The summed E-state index contributed by atoms with van der Waals surface area (Å²) in [6, 6.07) is 0. The van der Waals surface area contributed by atoms with E-state index in [2.05, 4.69) is 0 Å². The van der Waals surface area contributed by atoms with Crippen molar-refractivity contribution < 1.29 is 27.4 Å². The van der Waals surface area contributed by atoms with Crippen LogP contribution in [-0.4, -0.2) is 30.5 Å². The average molecular weight is 280 g/mol. The molecule has 110 valence electrons. The molecule has 0 aromatic rings. The highest BCUT2D eigenvalue weighted by atomic mass is 19.4. The molecule has 2 aliphatic rings. The third-order valence-corrected chi connectivity index (χ3v) is 4.42. The summed E-state index contributed by atoms with van der Waals surface area (Å²) >= 11 is 0. The van der Waals surface area contributed by atoms with Gasteiger partial charge in [0, 0.05) is 5.92 Å². The Balaban J connectivity index is 2.27. The van der Waals surface area contributed by atoms with Crippen LogP contribution >= 0.6 is 0 Å². The zero-order valence-electron chi connectivity index (χ0n) is 11.3. The number of hydrogen-bond donors (Lipinski definition) is 0. The Morgan fingerprint density at radius 1 is 1.42 bits per heavy atom. The molecule has 0 aromatic carbocycles. The van der Waals surface area contributed by atoms with Crippen molar-refractivity contribution in [3.63, 3.8) is 0 Å². The van der Waals surface area contributed by atoms with Gasteiger partial charge < -0.3 is 9.47 Å². The van der Waals surface area contributed by atoms with Gasteiger partial charge in [-0.15, -0.1) is 0 Å². The van der Waals surface area contributed by atoms with Crippen molar-refractivity contribution in [1.29, 1.82) is 0 Å². The molecule has 0 N–H and O–H groups in total. The van der Waals surface area contributed by atoms with Gasteiger partial charge in [0.15, 0.2) is 11.7 Å². The van der Waals surface area contributed by atoms with Gasteiger partial charge in [0.2, 0.25) is 0 Å². The Morgan fingerprint density at radius 3 is 2.42 bits per heavy atom. The molecule has 4 atom stereocenters. The molecule has 1 aliphatic carbocycles. The van der Waals surface area contributed by atoms with Crippen molar-refractivity contribution in [3.8, 4) is 0 Å². The molecule has 19 heavy (non-hydrogen) atoms. The summed E-state index contributed by atoms with van der Waals surface area (Å²) in [7, 11) is 0. The number of esters is 1. The van der Waals surface area contributed by atoms with E-state index < -0.39 is 35.7 Å². The van der Waals surface area contributed by atoms with E-state index in [0.29, 0.717) is 0 Å². The van der Waals surface area contributed by atoms with Gasteiger partial charge in [0.1, 0.15) is 0 Å². The maximum absolute atomic E-state index is 13.2. The minimum Gasteiger partial charge on any atom is -0.464 e. The minimum atomic E-state index is -4.49. The topological polar surface area (TPSA) is 35.5 Å². The molecule has 2 rings (SSSR count). The number of carbonyl (C=O) groups is 1. The van der Waals surface area contributed by atoms with Crippen LogP contribution in [0.25, 0.3) is 0 Å². The van der Waals surface area contributed by atoms with Crippen LogP contribution in [0, 0.1) is 17.8 Å². The van der Waals surface area contributed by atoms with Crippen molar-refractivity contribution >= 4 is 5.97 Å². The van der Waals surface area contributed by atoms with E-state index in [-0.39, 0.29) is 12.5 Å². The highest BCUT2D eigenvalue weighted by molar-refractivity contribution is 5.75. The van der Waals surface area contributed by atoms with Gasteiger partial charge in [-0.1, -0.05) is 6.92 Å². The Hall–Kier alpha value is -0.780. The fraction of sp³-hybridized carbons (Fsp3) is 0.923. The van der Waals surface area contributed by atoms with Crippen LogP contribution in [0.4, 0.5) is 13.2 Å². The molecule has 1 saturated heterocycles. The highest BCUT2D eigenvalue weighted by Crippen LogP contribution is 2.56. The van der Waals surface area contributed by atoms with Crippen LogP contribution in [0.15, 0.2) is 0 Å². The molecule has 0 bridgehead atoms. The second-order valence-corrected chi connectivity index (χ2v) is 5.60. The van der Waals surface area contributed by atoms with Crippen molar-refractivity contribution in [3.05, 3.63) is 0 Å². The normalized spacial score (nSPS) is 39.4. The summed E-state index contributed by atoms with van der Waals surface area (Å²) in [5, 5.41) is 0. The summed E-state index contributed by atoms with van der Waals surface area (Å²) < 4.78 is 49.6. The van der Waals surface area contributed by atoms with Crippen LogP contribution in [0.3, 0.4) is 0 Å². The van der Waals surface area contributed by atoms with Gasteiger partial charge in [-0.2, -0.15) is 13.2 Å². The SMILES string of the molecule is CCOC(=O)C1OC(C)(C(F)(F)F)C(C)C1C1CC1. The summed E-state index contributed by atoms with van der Waals surface area (Å²) in [6.07, 6.45) is -3.85. The molecule has 0 radical (unpaired) electrons. The maximum atomic E-state index is 13.2. The van der Waals surface area contributed by atoms with E-state index in [1.165, 1.54) is 6.92 Å². The molecule has 2 fully saturated rings. The quantitative estimate of drug-likeness (QED) is 0.746. The van der Waals surface area contributed by atoms with E-state index in [4.69, 9.17) is 9.47 Å². The number of ether oxygens (including phenoxy) is 2. The van der Waals surface area contributed by atoms with Gasteiger partial charge >= 0.3 is 12.1 Å². The molecular weight excluding hydrogens is 261 g/mol. The Kier molecular flexibility index (Phi) is 3.58. The fourth-order valence-electron chi connectivity index (χ4n) is 2.97. The second-order valence-electron chi connectivity index (χ2n) is 5.60. The van der Waals surface area contributed by atoms with Crippen LogP contribution in [0.2, 0.25) is 0 Å². The van der Waals surface area contributed by atoms with Gasteiger partial charge in [-0.3, -0.25) is 0 Å². The van der Waals surface area contributed by atoms with Crippen molar-refractivity contribution in [1.82, 2.24) is 0 Å². The Morgan fingerprint density at radius 2 is 2.00 bits per heavy atom. The molecular formula is C13H19F3O3. The van der Waals surface area contributed by atoms with E-state index in [0.717, 1.165) is 19.8 Å². The summed E-state index contributed by atoms with van der Waals surface area (Å²) in [4.78, 5) is 11.8. The molecule has 3 nitrogen and oxygen atoms in total. The first-order valence-corrected chi connectivity index (χ1v) is 6.63. The summed E-state index contributed by atoms with van der Waals surface area (Å²) in [5.74, 6) is -1.66. The summed E-state index contributed by atoms with van der Waals surface area (Å²) in [6.45, 7) is 4.33. The van der Waals surface area contributed by atoms with Crippen LogP contribution in [-0.2, 0) is 14.3 Å². The number of alkyl halides is 3. The third-order valence-electron chi connectivity index (χ3n) is 4.42. The van der Waals surface area contributed by atoms with Gasteiger partial charge in [0.05, 0.1) is 6.61 Å². The number of halogens is 3. The second kappa shape index (κ2) is 4.65. The number of rotatable bonds is 3. The Labute approximate surface area is 110 Å². The zero-order valence-corrected chi connectivity index (χ0v) is 11.3. The van der Waals surface area contributed by atoms with Crippen LogP contribution in [0.1, 0.15) is 33.6 Å². The molecule has 1 heterocycles. The van der Waals surface area contributed by atoms with Gasteiger partial charge in [-0.05, 0) is 38.5 Å². The molecule has 0 amide bonds. The smallest absolute Gasteiger partial charge is 0.417 e. The lowest BCUT2D eigenvalue weighted by Gasteiger charge is -2.31. The van der Waals surface area contributed by atoms with Crippen LogP contribution < -0.4 is 0 Å². The third kappa shape index (κ3) is 2.35. The number of carbonyl (C=O) groups excluding carboxylic acids is 1. The first-order valence-electron chi connectivity index (χ1n) is 6.63.